The highest BCUT2D eigenvalue weighted by Gasteiger charge is 2.32. The van der Waals surface area contributed by atoms with Crippen LogP contribution in [0, 0.1) is 11.8 Å². The van der Waals surface area contributed by atoms with Crippen LogP contribution in [-0.4, -0.2) is 99.1 Å². The zero-order valence-electron chi connectivity index (χ0n) is 21.2. The molecular formula is C25H38N4O5. The van der Waals surface area contributed by atoms with Crippen LogP contribution < -0.4 is 10.1 Å². The van der Waals surface area contributed by atoms with Gasteiger partial charge in [-0.1, -0.05) is 6.92 Å². The zero-order valence-corrected chi connectivity index (χ0v) is 21.2. The Morgan fingerprint density at radius 3 is 2.53 bits per heavy atom. The number of methoxy groups -OCH3 is 1. The molecule has 0 saturated heterocycles. The fourth-order valence-corrected chi connectivity index (χ4v) is 4.15. The molecule has 1 fully saturated rings. The maximum atomic E-state index is 13.4. The number of anilines is 1. The van der Waals surface area contributed by atoms with E-state index in [1.54, 1.807) is 37.3 Å². The molecule has 1 aliphatic heterocycles. The van der Waals surface area contributed by atoms with E-state index in [1.807, 2.05) is 37.7 Å². The Kier molecular flexibility index (Phi) is 8.54. The number of fused-ring (bicyclic) bond motifs is 1. The molecule has 3 amide bonds. The third-order valence-electron chi connectivity index (χ3n) is 6.43. The van der Waals surface area contributed by atoms with Crippen molar-refractivity contribution in [2.75, 3.05) is 59.8 Å². The maximum Gasteiger partial charge on any atom is 0.257 e. The number of hydrogen-bond donors (Lipinski definition) is 1. The second-order valence-electron chi connectivity index (χ2n) is 9.86. The van der Waals surface area contributed by atoms with Gasteiger partial charge in [0.25, 0.3) is 5.91 Å². The number of nitrogens with zero attached hydrogens (tertiary/aromatic N) is 3. The Balaban J connectivity index is 1.92. The van der Waals surface area contributed by atoms with Crippen LogP contribution in [0.15, 0.2) is 18.2 Å². The first-order chi connectivity index (χ1) is 16.1. The molecule has 9 nitrogen and oxygen atoms in total. The van der Waals surface area contributed by atoms with Gasteiger partial charge in [0.1, 0.15) is 12.4 Å². The van der Waals surface area contributed by atoms with E-state index in [0.29, 0.717) is 36.6 Å². The predicted molar refractivity (Wildman–Crippen MR) is 130 cm³/mol. The second-order valence-corrected chi connectivity index (χ2v) is 9.86. The number of ether oxygens (including phenoxy) is 2. The maximum absolute atomic E-state index is 13.4. The molecule has 1 aromatic rings. The van der Waals surface area contributed by atoms with Gasteiger partial charge >= 0.3 is 0 Å². The van der Waals surface area contributed by atoms with Crippen LogP contribution in [-0.2, 0) is 14.3 Å². The van der Waals surface area contributed by atoms with E-state index in [2.05, 4.69) is 5.32 Å². The number of carbonyl (C=O) groups is 3. The monoisotopic (exact) mass is 474 g/mol. The van der Waals surface area contributed by atoms with Gasteiger partial charge in [-0.3, -0.25) is 14.4 Å². The van der Waals surface area contributed by atoms with Crippen LogP contribution in [0.25, 0.3) is 0 Å². The minimum absolute atomic E-state index is 0.00289. The molecule has 9 heteroatoms. The Bertz CT molecular complexity index is 901. The lowest BCUT2D eigenvalue weighted by Gasteiger charge is -2.36. The van der Waals surface area contributed by atoms with Crippen molar-refractivity contribution in [1.82, 2.24) is 14.7 Å². The summed E-state index contributed by atoms with van der Waals surface area (Å²) in [6.07, 6.45) is 1.55. The van der Waals surface area contributed by atoms with Crippen molar-refractivity contribution in [2.24, 2.45) is 11.8 Å². The lowest BCUT2D eigenvalue weighted by molar-refractivity contribution is -0.136. The number of benzene rings is 1. The van der Waals surface area contributed by atoms with Crippen molar-refractivity contribution in [2.45, 2.75) is 38.8 Å². The molecule has 0 radical (unpaired) electrons. The van der Waals surface area contributed by atoms with Gasteiger partial charge in [0.2, 0.25) is 11.8 Å². The summed E-state index contributed by atoms with van der Waals surface area (Å²) >= 11 is 0. The van der Waals surface area contributed by atoms with E-state index in [0.717, 1.165) is 12.8 Å². The molecule has 0 unspecified atom stereocenters. The van der Waals surface area contributed by atoms with Crippen LogP contribution in [0.2, 0.25) is 0 Å². The number of likely N-dealkylation sites (N-methyl/N-ethyl adjacent to an activating group) is 2. The zero-order chi connectivity index (χ0) is 25.0. The lowest BCUT2D eigenvalue weighted by Crippen LogP contribution is -2.50. The van der Waals surface area contributed by atoms with Gasteiger partial charge in [0, 0.05) is 44.8 Å². The first-order valence-electron chi connectivity index (χ1n) is 11.9. The molecule has 34 heavy (non-hydrogen) atoms. The molecule has 0 bridgehead atoms. The highest BCUT2D eigenvalue weighted by molar-refractivity contribution is 6.00. The molecule has 1 aromatic carbocycles. The summed E-state index contributed by atoms with van der Waals surface area (Å²) in [5.74, 6) is 0.272. The van der Waals surface area contributed by atoms with Gasteiger partial charge < -0.3 is 29.5 Å². The molecule has 1 aliphatic carbocycles. The third-order valence-corrected chi connectivity index (χ3v) is 6.43. The molecule has 0 spiro atoms. The lowest BCUT2D eigenvalue weighted by atomic mass is 10.0. The highest BCUT2D eigenvalue weighted by Crippen LogP contribution is 2.31. The molecule has 0 aromatic heterocycles. The van der Waals surface area contributed by atoms with Crippen LogP contribution >= 0.6 is 0 Å². The van der Waals surface area contributed by atoms with Crippen molar-refractivity contribution in [3.63, 3.8) is 0 Å². The molecule has 1 heterocycles. The summed E-state index contributed by atoms with van der Waals surface area (Å²) in [6, 6.07) is 4.93. The first-order valence-corrected chi connectivity index (χ1v) is 11.9. The minimum Gasteiger partial charge on any atom is -0.491 e. The van der Waals surface area contributed by atoms with Gasteiger partial charge in [-0.15, -0.1) is 0 Å². The largest absolute Gasteiger partial charge is 0.491 e. The predicted octanol–water partition coefficient (Wildman–Crippen LogP) is 1.93. The molecule has 1 N–H and O–H groups in total. The fourth-order valence-electron chi connectivity index (χ4n) is 4.15. The Morgan fingerprint density at radius 2 is 1.91 bits per heavy atom. The topological polar surface area (TPSA) is 91.4 Å². The average molecular weight is 475 g/mol. The van der Waals surface area contributed by atoms with Gasteiger partial charge in [-0.2, -0.15) is 0 Å². The van der Waals surface area contributed by atoms with Crippen molar-refractivity contribution in [1.29, 1.82) is 0 Å². The van der Waals surface area contributed by atoms with Gasteiger partial charge in [-0.25, -0.2) is 0 Å². The summed E-state index contributed by atoms with van der Waals surface area (Å²) in [5, 5.41) is 2.90. The van der Waals surface area contributed by atoms with E-state index in [1.165, 1.54) is 0 Å². The highest BCUT2D eigenvalue weighted by atomic mass is 16.5. The third kappa shape index (κ3) is 6.48. The number of rotatable bonds is 5. The van der Waals surface area contributed by atoms with Crippen molar-refractivity contribution in [3.8, 4) is 5.75 Å². The normalized spacial score (nSPS) is 24.1. The number of amides is 3. The second kappa shape index (κ2) is 11.2. The van der Waals surface area contributed by atoms with E-state index >= 15 is 0 Å². The quantitative estimate of drug-likeness (QED) is 0.701. The van der Waals surface area contributed by atoms with Gasteiger partial charge in [0.05, 0.1) is 24.3 Å². The van der Waals surface area contributed by atoms with Crippen LogP contribution in [0.3, 0.4) is 0 Å². The minimum atomic E-state index is -0.252. The Morgan fingerprint density at radius 1 is 1.21 bits per heavy atom. The smallest absolute Gasteiger partial charge is 0.257 e. The summed E-state index contributed by atoms with van der Waals surface area (Å²) in [6.45, 7) is 5.37. The van der Waals surface area contributed by atoms with Gasteiger partial charge in [-0.05, 0) is 52.1 Å². The van der Waals surface area contributed by atoms with Gasteiger partial charge in [0.15, 0.2) is 0 Å². The summed E-state index contributed by atoms with van der Waals surface area (Å²) < 4.78 is 11.8. The number of nitrogens with one attached hydrogen (secondary N) is 1. The van der Waals surface area contributed by atoms with E-state index < -0.39 is 0 Å². The standard InChI is InChI=1S/C25H38N4O5/c1-16-12-29(23(30)14-27(3)4)17(2)15-34-21-10-9-19(26-24(31)18-7-8-18)11-20(21)25(32)28(5)13-22(16)33-6/h9-11,16-18,22H,7-8,12-15H2,1-6H3,(H,26,31)/t16-,17+,22+/m1/s1. The van der Waals surface area contributed by atoms with Crippen molar-refractivity contribution in [3.05, 3.63) is 23.8 Å². The Labute approximate surface area is 202 Å². The van der Waals surface area contributed by atoms with E-state index in [-0.39, 0.29) is 48.3 Å². The first kappa shape index (κ1) is 26.0. The molecule has 3 rings (SSSR count). The van der Waals surface area contributed by atoms with Crippen molar-refractivity contribution >= 4 is 23.4 Å². The van der Waals surface area contributed by atoms with Crippen LogP contribution in [0.5, 0.6) is 5.75 Å². The summed E-state index contributed by atoms with van der Waals surface area (Å²) in [5.41, 5.74) is 0.943. The number of hydrogen-bond acceptors (Lipinski definition) is 6. The molecule has 188 valence electrons. The molecule has 3 atom stereocenters. The van der Waals surface area contributed by atoms with Crippen LogP contribution in [0.4, 0.5) is 5.69 Å². The SMILES string of the molecule is CO[C@H]1CN(C)C(=O)c2cc(NC(=O)C3CC3)ccc2OC[C@H](C)N(C(=O)CN(C)C)C[C@H]1C. The summed E-state index contributed by atoms with van der Waals surface area (Å²) in [7, 11) is 7.09. The Hall–Kier alpha value is -2.65. The average Bonchev–Trinajstić information content (AvgIpc) is 3.63. The van der Waals surface area contributed by atoms with Crippen molar-refractivity contribution < 1.29 is 23.9 Å². The molecule has 2 aliphatic rings. The summed E-state index contributed by atoms with van der Waals surface area (Å²) in [4.78, 5) is 44.0. The molecule has 1 saturated carbocycles. The van der Waals surface area contributed by atoms with E-state index in [9.17, 15) is 14.4 Å². The molecular weight excluding hydrogens is 436 g/mol. The number of carbonyl (C=O) groups excluding carboxylic acids is 3. The van der Waals surface area contributed by atoms with Crippen LogP contribution in [0.1, 0.15) is 37.0 Å². The fraction of sp³-hybridized carbons (Fsp3) is 0.640. The van der Waals surface area contributed by atoms with E-state index in [4.69, 9.17) is 9.47 Å².